The van der Waals surface area contributed by atoms with Crippen LogP contribution in [0.2, 0.25) is 0 Å². The highest BCUT2D eigenvalue weighted by atomic mass is 16.5. The number of rotatable bonds is 3. The van der Waals surface area contributed by atoms with Crippen molar-refractivity contribution in [3.05, 3.63) is 12.2 Å². The lowest BCUT2D eigenvalue weighted by atomic mass is 10.1. The first-order valence-corrected chi connectivity index (χ1v) is 6.00. The Morgan fingerprint density at radius 2 is 2.12 bits per heavy atom. The fourth-order valence-corrected chi connectivity index (χ4v) is 2.21. The minimum absolute atomic E-state index is 0.120. The van der Waals surface area contributed by atoms with Crippen LogP contribution in [0.4, 0.5) is 0 Å². The first kappa shape index (κ1) is 12.1. The second-order valence-corrected chi connectivity index (χ2v) is 4.54. The van der Waals surface area contributed by atoms with Gasteiger partial charge in [-0.2, -0.15) is 0 Å². The lowest BCUT2D eigenvalue weighted by Gasteiger charge is -2.23. The van der Waals surface area contributed by atoms with Gasteiger partial charge in [0.1, 0.15) is 6.10 Å². The van der Waals surface area contributed by atoms with Crippen molar-refractivity contribution in [3.63, 3.8) is 0 Å². The number of hydrogen-bond acceptors (Lipinski definition) is 3. The predicted octanol–water partition coefficient (Wildman–Crippen LogP) is 0.701. The zero-order chi connectivity index (χ0) is 12.3. The third-order valence-corrected chi connectivity index (χ3v) is 3.20. The number of carboxylic acids is 1. The summed E-state index contributed by atoms with van der Waals surface area (Å²) >= 11 is 0. The zero-order valence-electron chi connectivity index (χ0n) is 9.59. The average molecular weight is 239 g/mol. The standard InChI is InChI=1S/C12H17NO4/c14-11(10-3-1-2-6-17-10)13-9-5-4-8(7-9)12(15)16/h4-5,8-10H,1-3,6-7H2,(H,13,14)(H,15,16). The molecule has 5 heteroatoms. The summed E-state index contributed by atoms with van der Waals surface area (Å²) in [5.74, 6) is -1.44. The summed E-state index contributed by atoms with van der Waals surface area (Å²) in [5, 5.41) is 11.6. The second-order valence-electron chi connectivity index (χ2n) is 4.54. The van der Waals surface area contributed by atoms with Crippen LogP contribution in [0.25, 0.3) is 0 Å². The van der Waals surface area contributed by atoms with Crippen molar-refractivity contribution in [2.24, 2.45) is 5.92 Å². The Hall–Kier alpha value is -1.36. The van der Waals surface area contributed by atoms with Crippen LogP contribution in [0, 0.1) is 5.92 Å². The topological polar surface area (TPSA) is 75.6 Å². The highest BCUT2D eigenvalue weighted by molar-refractivity contribution is 5.81. The number of carbonyl (C=O) groups is 2. The molecule has 94 valence electrons. The van der Waals surface area contributed by atoms with Gasteiger partial charge in [-0.05, 0) is 25.7 Å². The highest BCUT2D eigenvalue weighted by Crippen LogP contribution is 2.19. The first-order valence-electron chi connectivity index (χ1n) is 6.00. The van der Waals surface area contributed by atoms with Crippen molar-refractivity contribution in [1.82, 2.24) is 5.32 Å². The van der Waals surface area contributed by atoms with Gasteiger partial charge >= 0.3 is 5.97 Å². The molecule has 0 spiro atoms. The van der Waals surface area contributed by atoms with Crippen LogP contribution in [0.1, 0.15) is 25.7 Å². The molecular formula is C12H17NO4. The van der Waals surface area contributed by atoms with E-state index in [4.69, 9.17) is 9.84 Å². The number of carboxylic acid groups (broad SMARTS) is 1. The van der Waals surface area contributed by atoms with Crippen LogP contribution in [0.3, 0.4) is 0 Å². The Morgan fingerprint density at radius 3 is 2.71 bits per heavy atom. The maximum Gasteiger partial charge on any atom is 0.310 e. The molecule has 2 aliphatic rings. The van der Waals surface area contributed by atoms with Crippen LogP contribution in [0.15, 0.2) is 12.2 Å². The van der Waals surface area contributed by atoms with Gasteiger partial charge in [0, 0.05) is 12.6 Å². The number of amides is 1. The quantitative estimate of drug-likeness (QED) is 0.711. The van der Waals surface area contributed by atoms with E-state index in [0.717, 1.165) is 19.3 Å². The Balaban J connectivity index is 1.80. The van der Waals surface area contributed by atoms with E-state index in [1.807, 2.05) is 0 Å². The van der Waals surface area contributed by atoms with Crippen LogP contribution in [-0.4, -0.2) is 35.7 Å². The fraction of sp³-hybridized carbons (Fsp3) is 0.667. The highest BCUT2D eigenvalue weighted by Gasteiger charge is 2.28. The number of hydrogen-bond donors (Lipinski definition) is 2. The monoisotopic (exact) mass is 239 g/mol. The SMILES string of the molecule is O=C(O)C1C=CC(NC(=O)C2CCCCO2)C1. The molecule has 1 fully saturated rings. The maximum absolute atomic E-state index is 11.8. The predicted molar refractivity (Wildman–Crippen MR) is 60.4 cm³/mol. The normalized spacial score (nSPS) is 32.4. The van der Waals surface area contributed by atoms with Gasteiger partial charge in [-0.25, -0.2) is 0 Å². The summed E-state index contributed by atoms with van der Waals surface area (Å²) in [7, 11) is 0. The average Bonchev–Trinajstić information content (AvgIpc) is 2.79. The van der Waals surface area contributed by atoms with Crippen molar-refractivity contribution in [2.75, 3.05) is 6.61 Å². The third kappa shape index (κ3) is 3.06. The number of carbonyl (C=O) groups excluding carboxylic acids is 1. The molecule has 1 aliphatic heterocycles. The molecule has 2 N–H and O–H groups in total. The van der Waals surface area contributed by atoms with E-state index in [1.165, 1.54) is 0 Å². The second kappa shape index (κ2) is 5.31. The number of aliphatic carboxylic acids is 1. The summed E-state index contributed by atoms with van der Waals surface area (Å²) < 4.78 is 5.37. The van der Waals surface area contributed by atoms with Gasteiger partial charge in [-0.15, -0.1) is 0 Å². The number of nitrogens with one attached hydrogen (secondary N) is 1. The first-order chi connectivity index (χ1) is 8.16. The molecule has 0 aromatic heterocycles. The molecule has 3 atom stereocenters. The van der Waals surface area contributed by atoms with Crippen LogP contribution in [-0.2, 0) is 14.3 Å². The van der Waals surface area contributed by atoms with Gasteiger partial charge in [0.05, 0.1) is 5.92 Å². The summed E-state index contributed by atoms with van der Waals surface area (Å²) in [6.07, 6.45) is 6.23. The molecule has 1 saturated heterocycles. The molecule has 0 aromatic carbocycles. The summed E-state index contributed by atoms with van der Waals surface area (Å²) in [5.41, 5.74) is 0. The molecule has 0 saturated carbocycles. The van der Waals surface area contributed by atoms with Crippen molar-refractivity contribution >= 4 is 11.9 Å². The fourth-order valence-electron chi connectivity index (χ4n) is 2.21. The molecule has 1 amide bonds. The van der Waals surface area contributed by atoms with Gasteiger partial charge in [0.15, 0.2) is 0 Å². The van der Waals surface area contributed by atoms with Crippen LogP contribution < -0.4 is 5.32 Å². The largest absolute Gasteiger partial charge is 0.481 e. The molecule has 0 aromatic rings. The molecule has 1 heterocycles. The van der Waals surface area contributed by atoms with E-state index in [2.05, 4.69) is 5.32 Å². The van der Waals surface area contributed by atoms with Crippen LogP contribution in [0.5, 0.6) is 0 Å². The Kier molecular flexibility index (Phi) is 3.78. The molecule has 0 bridgehead atoms. The Morgan fingerprint density at radius 1 is 1.29 bits per heavy atom. The summed E-state index contributed by atoms with van der Waals surface area (Å²) in [6, 6.07) is -0.172. The minimum atomic E-state index is -0.841. The van der Waals surface area contributed by atoms with E-state index in [1.54, 1.807) is 12.2 Å². The molecule has 1 aliphatic carbocycles. The van der Waals surface area contributed by atoms with Crippen LogP contribution >= 0.6 is 0 Å². The lowest BCUT2D eigenvalue weighted by Crippen LogP contribution is -2.42. The van der Waals surface area contributed by atoms with Gasteiger partial charge in [0.25, 0.3) is 0 Å². The van der Waals surface area contributed by atoms with E-state index < -0.39 is 11.9 Å². The Labute approximate surface area is 99.8 Å². The van der Waals surface area contributed by atoms with Gasteiger partial charge in [-0.1, -0.05) is 12.2 Å². The zero-order valence-corrected chi connectivity index (χ0v) is 9.59. The molecule has 3 unspecified atom stereocenters. The summed E-state index contributed by atoms with van der Waals surface area (Å²) in [6.45, 7) is 0.635. The molecule has 5 nitrogen and oxygen atoms in total. The van der Waals surface area contributed by atoms with Crippen molar-refractivity contribution in [3.8, 4) is 0 Å². The Bertz CT molecular complexity index is 333. The third-order valence-electron chi connectivity index (χ3n) is 3.20. The molecule has 17 heavy (non-hydrogen) atoms. The molecular weight excluding hydrogens is 222 g/mol. The number of ether oxygens (including phenoxy) is 1. The van der Waals surface area contributed by atoms with Crippen molar-refractivity contribution < 1.29 is 19.4 Å². The van der Waals surface area contributed by atoms with E-state index >= 15 is 0 Å². The summed E-state index contributed by atoms with van der Waals surface area (Å²) in [4.78, 5) is 22.6. The smallest absolute Gasteiger partial charge is 0.310 e. The molecule has 2 rings (SSSR count). The molecule has 0 radical (unpaired) electrons. The van der Waals surface area contributed by atoms with Crippen molar-refractivity contribution in [2.45, 2.75) is 37.8 Å². The van der Waals surface area contributed by atoms with Crippen molar-refractivity contribution in [1.29, 1.82) is 0 Å². The van der Waals surface area contributed by atoms with E-state index in [9.17, 15) is 9.59 Å². The van der Waals surface area contributed by atoms with E-state index in [-0.39, 0.29) is 18.1 Å². The lowest BCUT2D eigenvalue weighted by molar-refractivity contribution is -0.141. The van der Waals surface area contributed by atoms with Gasteiger partial charge in [0.2, 0.25) is 5.91 Å². The van der Waals surface area contributed by atoms with E-state index in [0.29, 0.717) is 13.0 Å². The van der Waals surface area contributed by atoms with Gasteiger partial charge in [-0.3, -0.25) is 9.59 Å². The maximum atomic E-state index is 11.8. The van der Waals surface area contributed by atoms with Gasteiger partial charge < -0.3 is 15.2 Å². The minimum Gasteiger partial charge on any atom is -0.481 e.